The van der Waals surface area contributed by atoms with Crippen LogP contribution in [0.25, 0.3) is 0 Å². The van der Waals surface area contributed by atoms with E-state index in [0.29, 0.717) is 12.0 Å². The highest BCUT2D eigenvalue weighted by Gasteiger charge is 2.26. The van der Waals surface area contributed by atoms with Crippen LogP contribution < -0.4 is 0 Å². The van der Waals surface area contributed by atoms with Gasteiger partial charge in [0.25, 0.3) is 0 Å². The normalized spacial score (nSPS) is 23.1. The van der Waals surface area contributed by atoms with Crippen LogP contribution in [0.4, 0.5) is 0 Å². The van der Waals surface area contributed by atoms with E-state index in [0.717, 1.165) is 19.4 Å². The van der Waals surface area contributed by atoms with Crippen LogP contribution in [0.1, 0.15) is 23.7 Å². The second-order valence-electron chi connectivity index (χ2n) is 5.02. The van der Waals surface area contributed by atoms with Crippen molar-refractivity contribution in [2.45, 2.75) is 18.9 Å². The van der Waals surface area contributed by atoms with Crippen LogP contribution in [0.3, 0.4) is 0 Å². The summed E-state index contributed by atoms with van der Waals surface area (Å²) in [5.74, 6) is 0.651. The first-order chi connectivity index (χ1) is 8.92. The predicted octanol–water partition coefficient (Wildman–Crippen LogP) is 4.01. The van der Waals surface area contributed by atoms with Gasteiger partial charge in [0.2, 0.25) is 0 Å². The number of ether oxygens (including phenoxy) is 1. The Labute approximate surface area is 108 Å². The Kier molecular flexibility index (Phi) is 3.42. The molecule has 1 aliphatic heterocycles. The van der Waals surface area contributed by atoms with E-state index in [-0.39, 0.29) is 0 Å². The van der Waals surface area contributed by atoms with Crippen LogP contribution in [-0.4, -0.2) is 6.61 Å². The zero-order valence-electron chi connectivity index (χ0n) is 10.5. The van der Waals surface area contributed by atoms with Gasteiger partial charge < -0.3 is 4.74 Å². The van der Waals surface area contributed by atoms with Gasteiger partial charge in [-0.05, 0) is 29.9 Å². The van der Waals surface area contributed by atoms with Crippen molar-refractivity contribution < 1.29 is 4.74 Å². The lowest BCUT2D eigenvalue weighted by Gasteiger charge is -2.09. The Morgan fingerprint density at radius 2 is 1.56 bits per heavy atom. The lowest BCUT2D eigenvalue weighted by atomic mass is 9.94. The monoisotopic (exact) mass is 238 g/mol. The first kappa shape index (κ1) is 11.5. The first-order valence-corrected chi connectivity index (χ1v) is 6.62. The minimum Gasteiger partial charge on any atom is -0.373 e. The zero-order chi connectivity index (χ0) is 12.2. The van der Waals surface area contributed by atoms with E-state index < -0.39 is 0 Å². The maximum absolute atomic E-state index is 5.92. The molecule has 1 nitrogen and oxygen atoms in total. The lowest BCUT2D eigenvalue weighted by molar-refractivity contribution is 0.107. The standard InChI is InChI=1S/C17H18O/c1-3-7-14(8-4-1)11-15-12-17(18-13-15)16-9-5-2-6-10-16/h1-10,15,17H,11-13H2/t15-,17+/m0/s1. The molecule has 2 aromatic rings. The summed E-state index contributed by atoms with van der Waals surface area (Å²) in [5, 5.41) is 0. The van der Waals surface area contributed by atoms with Crippen molar-refractivity contribution in [2.75, 3.05) is 6.61 Å². The van der Waals surface area contributed by atoms with E-state index in [1.807, 2.05) is 0 Å². The molecule has 0 aliphatic carbocycles. The fourth-order valence-corrected chi connectivity index (χ4v) is 2.68. The third kappa shape index (κ3) is 2.62. The molecule has 1 heterocycles. The van der Waals surface area contributed by atoms with Crippen molar-refractivity contribution in [1.29, 1.82) is 0 Å². The Morgan fingerprint density at radius 1 is 0.889 bits per heavy atom. The molecule has 1 aliphatic rings. The molecule has 18 heavy (non-hydrogen) atoms. The van der Waals surface area contributed by atoms with Gasteiger partial charge in [-0.15, -0.1) is 0 Å². The Bertz CT molecular complexity index is 477. The number of benzene rings is 2. The third-order valence-corrected chi connectivity index (χ3v) is 3.62. The lowest BCUT2D eigenvalue weighted by Crippen LogP contribution is -2.03. The molecule has 0 amide bonds. The molecule has 0 radical (unpaired) electrons. The topological polar surface area (TPSA) is 9.23 Å². The maximum atomic E-state index is 5.92. The van der Waals surface area contributed by atoms with Gasteiger partial charge in [-0.1, -0.05) is 60.7 Å². The van der Waals surface area contributed by atoms with Crippen LogP contribution in [0, 0.1) is 5.92 Å². The fraction of sp³-hybridized carbons (Fsp3) is 0.294. The number of hydrogen-bond donors (Lipinski definition) is 0. The molecule has 0 unspecified atom stereocenters. The van der Waals surface area contributed by atoms with Crippen LogP contribution in [-0.2, 0) is 11.2 Å². The van der Waals surface area contributed by atoms with Crippen molar-refractivity contribution in [3.8, 4) is 0 Å². The Hall–Kier alpha value is -1.60. The van der Waals surface area contributed by atoms with Gasteiger partial charge in [0, 0.05) is 0 Å². The molecule has 0 saturated carbocycles. The molecule has 0 bridgehead atoms. The molecular weight excluding hydrogens is 220 g/mol. The molecule has 2 aromatic carbocycles. The summed E-state index contributed by atoms with van der Waals surface area (Å²) in [6, 6.07) is 21.3. The van der Waals surface area contributed by atoms with Gasteiger partial charge in [-0.2, -0.15) is 0 Å². The van der Waals surface area contributed by atoms with Gasteiger partial charge in [-0.25, -0.2) is 0 Å². The van der Waals surface area contributed by atoms with Crippen molar-refractivity contribution in [3.63, 3.8) is 0 Å². The Balaban J connectivity index is 1.62. The molecule has 3 rings (SSSR count). The third-order valence-electron chi connectivity index (χ3n) is 3.62. The number of rotatable bonds is 3. The van der Waals surface area contributed by atoms with E-state index in [9.17, 15) is 0 Å². The number of hydrogen-bond acceptors (Lipinski definition) is 1. The minimum absolute atomic E-state index is 0.292. The molecule has 1 fully saturated rings. The summed E-state index contributed by atoms with van der Waals surface area (Å²) in [4.78, 5) is 0. The highest BCUT2D eigenvalue weighted by Crippen LogP contribution is 2.33. The molecule has 1 saturated heterocycles. The largest absolute Gasteiger partial charge is 0.373 e. The second kappa shape index (κ2) is 5.36. The summed E-state index contributed by atoms with van der Waals surface area (Å²) in [6.45, 7) is 0.883. The van der Waals surface area contributed by atoms with Gasteiger partial charge in [0.15, 0.2) is 0 Å². The van der Waals surface area contributed by atoms with E-state index in [2.05, 4.69) is 60.7 Å². The molecular formula is C17H18O. The van der Waals surface area contributed by atoms with E-state index in [4.69, 9.17) is 4.74 Å². The fourth-order valence-electron chi connectivity index (χ4n) is 2.68. The summed E-state index contributed by atoms with van der Waals surface area (Å²) < 4.78 is 5.92. The predicted molar refractivity (Wildman–Crippen MR) is 73.4 cm³/mol. The highest BCUT2D eigenvalue weighted by molar-refractivity contribution is 5.19. The summed E-state index contributed by atoms with van der Waals surface area (Å²) in [6.07, 6.45) is 2.56. The molecule has 0 N–H and O–H groups in total. The summed E-state index contributed by atoms with van der Waals surface area (Å²) in [7, 11) is 0. The van der Waals surface area contributed by atoms with Crippen LogP contribution >= 0.6 is 0 Å². The van der Waals surface area contributed by atoms with Crippen LogP contribution in [0.2, 0.25) is 0 Å². The van der Waals surface area contributed by atoms with Gasteiger partial charge in [-0.3, -0.25) is 0 Å². The molecule has 2 atom stereocenters. The Morgan fingerprint density at radius 3 is 2.28 bits per heavy atom. The van der Waals surface area contributed by atoms with Crippen molar-refractivity contribution in [1.82, 2.24) is 0 Å². The van der Waals surface area contributed by atoms with Gasteiger partial charge >= 0.3 is 0 Å². The molecule has 92 valence electrons. The van der Waals surface area contributed by atoms with Crippen LogP contribution in [0.15, 0.2) is 60.7 Å². The van der Waals surface area contributed by atoms with Crippen molar-refractivity contribution in [3.05, 3.63) is 71.8 Å². The zero-order valence-corrected chi connectivity index (χ0v) is 10.5. The molecule has 1 heteroatoms. The van der Waals surface area contributed by atoms with Crippen molar-refractivity contribution >= 4 is 0 Å². The van der Waals surface area contributed by atoms with Crippen molar-refractivity contribution in [2.24, 2.45) is 5.92 Å². The average Bonchev–Trinajstić information content (AvgIpc) is 2.89. The maximum Gasteiger partial charge on any atom is 0.0828 e. The molecule has 0 spiro atoms. The van der Waals surface area contributed by atoms with E-state index in [1.165, 1.54) is 11.1 Å². The van der Waals surface area contributed by atoms with Gasteiger partial charge in [0.1, 0.15) is 0 Å². The summed E-state index contributed by atoms with van der Waals surface area (Å²) in [5.41, 5.74) is 2.73. The van der Waals surface area contributed by atoms with E-state index in [1.54, 1.807) is 0 Å². The first-order valence-electron chi connectivity index (χ1n) is 6.62. The quantitative estimate of drug-likeness (QED) is 0.785. The summed E-state index contributed by atoms with van der Waals surface area (Å²) >= 11 is 0. The minimum atomic E-state index is 0.292. The van der Waals surface area contributed by atoms with Gasteiger partial charge in [0.05, 0.1) is 12.7 Å². The SMILES string of the molecule is c1ccc(C[C@@H]2CO[C@@H](c3ccccc3)C2)cc1. The van der Waals surface area contributed by atoms with E-state index >= 15 is 0 Å². The smallest absolute Gasteiger partial charge is 0.0828 e. The average molecular weight is 238 g/mol. The molecule has 0 aromatic heterocycles. The second-order valence-corrected chi connectivity index (χ2v) is 5.02. The van der Waals surface area contributed by atoms with Crippen LogP contribution in [0.5, 0.6) is 0 Å². The highest BCUT2D eigenvalue weighted by atomic mass is 16.5.